The molecule has 9 heteroatoms. The normalized spacial score (nSPS) is 11.5. The molecule has 0 aliphatic rings. The van der Waals surface area contributed by atoms with E-state index in [2.05, 4.69) is 31.2 Å². The van der Waals surface area contributed by atoms with Crippen LogP contribution in [0.3, 0.4) is 0 Å². The first-order chi connectivity index (χ1) is 9.25. The number of hydrogen-bond donors (Lipinski definition) is 1. The van der Waals surface area contributed by atoms with Crippen LogP contribution in [0.2, 0.25) is 10.2 Å². The number of aromatic nitrogens is 2. The summed E-state index contributed by atoms with van der Waals surface area (Å²) in [6.45, 7) is 0. The van der Waals surface area contributed by atoms with Gasteiger partial charge in [0.1, 0.15) is 11.0 Å². The summed E-state index contributed by atoms with van der Waals surface area (Å²) in [5.41, 5.74) is 0.393. The number of rotatable bonds is 2. The van der Waals surface area contributed by atoms with E-state index in [1.54, 1.807) is 18.2 Å². The third-order valence-corrected chi connectivity index (χ3v) is 3.16. The van der Waals surface area contributed by atoms with Crippen molar-refractivity contribution in [1.29, 1.82) is 0 Å². The minimum atomic E-state index is -4.68. The predicted octanol–water partition coefficient (Wildman–Crippen LogP) is 5.31. The summed E-state index contributed by atoms with van der Waals surface area (Å²) in [7, 11) is 0. The standard InChI is InChI=1S/C11H5BrCl2F3N3/c12-5-1-2-6(13)7(3-5)18-9-4-8(14)19-10(20-9)11(15,16)17/h1-4H,(H,18,19,20). The van der Waals surface area contributed by atoms with Gasteiger partial charge in [0, 0.05) is 10.5 Å². The first-order valence-electron chi connectivity index (χ1n) is 5.09. The monoisotopic (exact) mass is 385 g/mol. The molecule has 0 unspecified atom stereocenters. The van der Waals surface area contributed by atoms with Gasteiger partial charge in [0.05, 0.1) is 10.7 Å². The average Bonchev–Trinajstić information content (AvgIpc) is 2.32. The van der Waals surface area contributed by atoms with Crippen molar-refractivity contribution in [3.8, 4) is 0 Å². The highest BCUT2D eigenvalue weighted by Gasteiger charge is 2.35. The van der Waals surface area contributed by atoms with E-state index in [0.29, 0.717) is 15.2 Å². The highest BCUT2D eigenvalue weighted by molar-refractivity contribution is 9.10. The second kappa shape index (κ2) is 5.75. The van der Waals surface area contributed by atoms with Crippen molar-refractivity contribution < 1.29 is 13.2 Å². The Labute approximate surface area is 130 Å². The van der Waals surface area contributed by atoms with Crippen LogP contribution in [0, 0.1) is 0 Å². The lowest BCUT2D eigenvalue weighted by Gasteiger charge is -2.11. The van der Waals surface area contributed by atoms with Gasteiger partial charge in [-0.15, -0.1) is 0 Å². The van der Waals surface area contributed by atoms with Gasteiger partial charge >= 0.3 is 6.18 Å². The van der Waals surface area contributed by atoms with Gasteiger partial charge in [-0.3, -0.25) is 0 Å². The van der Waals surface area contributed by atoms with Crippen LogP contribution in [0.4, 0.5) is 24.7 Å². The number of benzene rings is 1. The van der Waals surface area contributed by atoms with E-state index in [0.717, 1.165) is 0 Å². The van der Waals surface area contributed by atoms with Gasteiger partial charge in [-0.2, -0.15) is 13.2 Å². The zero-order valence-electron chi connectivity index (χ0n) is 9.47. The Morgan fingerprint density at radius 2 is 1.80 bits per heavy atom. The zero-order chi connectivity index (χ0) is 14.9. The van der Waals surface area contributed by atoms with E-state index in [1.165, 1.54) is 6.07 Å². The minimum Gasteiger partial charge on any atom is -0.339 e. The van der Waals surface area contributed by atoms with Crippen molar-refractivity contribution in [3.05, 3.63) is 44.7 Å². The van der Waals surface area contributed by atoms with Crippen molar-refractivity contribution in [2.75, 3.05) is 5.32 Å². The smallest absolute Gasteiger partial charge is 0.339 e. The van der Waals surface area contributed by atoms with E-state index < -0.39 is 12.0 Å². The summed E-state index contributed by atoms with van der Waals surface area (Å²) in [5, 5.41) is 2.68. The Morgan fingerprint density at radius 3 is 2.45 bits per heavy atom. The SMILES string of the molecule is FC(F)(F)c1nc(Cl)cc(Nc2cc(Br)ccc2Cl)n1. The van der Waals surface area contributed by atoms with E-state index in [4.69, 9.17) is 23.2 Å². The first kappa shape index (κ1) is 15.3. The Morgan fingerprint density at radius 1 is 1.10 bits per heavy atom. The van der Waals surface area contributed by atoms with Crippen LogP contribution in [-0.4, -0.2) is 9.97 Å². The average molecular weight is 387 g/mol. The molecule has 0 spiro atoms. The number of halogens is 6. The second-order valence-corrected chi connectivity index (χ2v) is 5.36. The molecule has 0 radical (unpaired) electrons. The van der Waals surface area contributed by atoms with Crippen LogP contribution in [0.15, 0.2) is 28.7 Å². The van der Waals surface area contributed by atoms with Crippen LogP contribution >= 0.6 is 39.1 Å². The molecule has 0 atom stereocenters. The fourth-order valence-electron chi connectivity index (χ4n) is 1.34. The lowest BCUT2D eigenvalue weighted by atomic mass is 10.3. The molecule has 0 fully saturated rings. The van der Waals surface area contributed by atoms with Crippen molar-refractivity contribution in [1.82, 2.24) is 9.97 Å². The third kappa shape index (κ3) is 3.74. The van der Waals surface area contributed by atoms with Crippen LogP contribution in [-0.2, 0) is 6.18 Å². The largest absolute Gasteiger partial charge is 0.451 e. The molecule has 106 valence electrons. The van der Waals surface area contributed by atoms with E-state index in [-0.39, 0.29) is 11.0 Å². The zero-order valence-corrected chi connectivity index (χ0v) is 12.6. The summed E-state index contributed by atoms with van der Waals surface area (Å²) in [6, 6.07) is 6.06. The number of anilines is 2. The van der Waals surface area contributed by atoms with Gasteiger partial charge in [-0.05, 0) is 18.2 Å². The highest BCUT2D eigenvalue weighted by atomic mass is 79.9. The van der Waals surface area contributed by atoms with Gasteiger partial charge in [0.15, 0.2) is 0 Å². The third-order valence-electron chi connectivity index (χ3n) is 2.14. The molecule has 0 bridgehead atoms. The van der Waals surface area contributed by atoms with Crippen LogP contribution in [0.5, 0.6) is 0 Å². The molecule has 1 N–H and O–H groups in total. The fourth-order valence-corrected chi connectivity index (χ4v) is 2.05. The molecule has 1 aromatic carbocycles. The van der Waals surface area contributed by atoms with E-state index >= 15 is 0 Å². The maximum absolute atomic E-state index is 12.6. The lowest BCUT2D eigenvalue weighted by molar-refractivity contribution is -0.144. The predicted molar refractivity (Wildman–Crippen MR) is 74.5 cm³/mol. The van der Waals surface area contributed by atoms with Crippen molar-refractivity contribution in [2.24, 2.45) is 0 Å². The molecule has 0 aliphatic heterocycles. The van der Waals surface area contributed by atoms with Gasteiger partial charge in [0.25, 0.3) is 0 Å². The fraction of sp³-hybridized carbons (Fsp3) is 0.0909. The maximum Gasteiger partial charge on any atom is 0.451 e. The summed E-state index contributed by atoms with van der Waals surface area (Å²) in [6.07, 6.45) is -4.68. The van der Waals surface area contributed by atoms with Crippen molar-refractivity contribution in [2.45, 2.75) is 6.18 Å². The van der Waals surface area contributed by atoms with Gasteiger partial charge in [-0.1, -0.05) is 39.1 Å². The second-order valence-electron chi connectivity index (χ2n) is 3.65. The Balaban J connectivity index is 2.39. The lowest BCUT2D eigenvalue weighted by Crippen LogP contribution is -2.12. The molecule has 0 saturated carbocycles. The molecule has 0 amide bonds. The molecule has 1 aromatic heterocycles. The van der Waals surface area contributed by atoms with Gasteiger partial charge < -0.3 is 5.32 Å². The minimum absolute atomic E-state index is 0.0997. The summed E-state index contributed by atoms with van der Waals surface area (Å²) in [4.78, 5) is 6.50. The van der Waals surface area contributed by atoms with Gasteiger partial charge in [-0.25, -0.2) is 9.97 Å². The quantitative estimate of drug-likeness (QED) is 0.711. The van der Waals surface area contributed by atoms with Crippen LogP contribution < -0.4 is 5.32 Å². The Hall–Kier alpha value is -1.05. The van der Waals surface area contributed by atoms with Crippen molar-refractivity contribution in [3.63, 3.8) is 0 Å². The van der Waals surface area contributed by atoms with Crippen molar-refractivity contribution >= 4 is 50.6 Å². The Kier molecular flexibility index (Phi) is 4.41. The first-order valence-corrected chi connectivity index (χ1v) is 6.64. The summed E-state index contributed by atoms with van der Waals surface area (Å²) < 4.78 is 38.5. The summed E-state index contributed by atoms with van der Waals surface area (Å²) >= 11 is 14.7. The topological polar surface area (TPSA) is 37.8 Å². The molecule has 1 heterocycles. The molecule has 2 rings (SSSR count). The summed E-state index contributed by atoms with van der Waals surface area (Å²) in [5.74, 6) is -1.42. The molecule has 3 nitrogen and oxygen atoms in total. The van der Waals surface area contributed by atoms with Crippen LogP contribution in [0.25, 0.3) is 0 Å². The Bertz CT molecular complexity index is 649. The highest BCUT2D eigenvalue weighted by Crippen LogP contribution is 2.31. The molecule has 0 saturated heterocycles. The molecular formula is C11H5BrCl2F3N3. The molecule has 20 heavy (non-hydrogen) atoms. The number of nitrogens with zero attached hydrogens (tertiary/aromatic N) is 2. The number of nitrogens with one attached hydrogen (secondary N) is 1. The number of hydrogen-bond acceptors (Lipinski definition) is 3. The van der Waals surface area contributed by atoms with E-state index in [1.807, 2.05) is 0 Å². The maximum atomic E-state index is 12.6. The number of alkyl halides is 3. The van der Waals surface area contributed by atoms with Crippen LogP contribution in [0.1, 0.15) is 5.82 Å². The molecule has 0 aliphatic carbocycles. The molecular weight excluding hydrogens is 382 g/mol. The molecule has 2 aromatic rings. The van der Waals surface area contributed by atoms with Gasteiger partial charge in [0.2, 0.25) is 5.82 Å². The van der Waals surface area contributed by atoms with E-state index in [9.17, 15) is 13.2 Å².